The van der Waals surface area contributed by atoms with E-state index in [-0.39, 0.29) is 69.8 Å². The van der Waals surface area contributed by atoms with Crippen LogP contribution in [0.25, 0.3) is 11.1 Å². The fourth-order valence-electron chi connectivity index (χ4n) is 5.24. The van der Waals surface area contributed by atoms with Crippen LogP contribution in [0.15, 0.2) is 107 Å². The van der Waals surface area contributed by atoms with Crippen LogP contribution in [0.1, 0.15) is 27.9 Å². The molecular formula is C36H34Cl3N7O4S. The lowest BCUT2D eigenvalue weighted by atomic mass is 10.0. The molecule has 4 aromatic carbocycles. The largest absolute Gasteiger partial charge is 0.427 e. The summed E-state index contributed by atoms with van der Waals surface area (Å²) in [5, 5.41) is 23.0. The number of nitrogens with one attached hydrogen (secondary N) is 3. The number of amides is 1. The second kappa shape index (κ2) is 16.4. The molecule has 0 radical (unpaired) electrons. The van der Waals surface area contributed by atoms with Crippen molar-refractivity contribution in [2.75, 3.05) is 12.3 Å². The summed E-state index contributed by atoms with van der Waals surface area (Å²) in [5.41, 5.74) is 15.2. The number of nitrogens with zero attached hydrogens (tertiary/aromatic N) is 2. The van der Waals surface area contributed by atoms with E-state index in [1.165, 1.54) is 24.3 Å². The van der Waals surface area contributed by atoms with Crippen molar-refractivity contribution in [2.24, 2.45) is 10.7 Å². The summed E-state index contributed by atoms with van der Waals surface area (Å²) in [4.78, 5) is 17.7. The maximum absolute atomic E-state index is 13.5. The number of hydrogen-bond donors (Lipinski definition) is 6. The van der Waals surface area contributed by atoms with Gasteiger partial charge in [0.05, 0.1) is 22.0 Å². The van der Waals surface area contributed by atoms with E-state index in [0.717, 1.165) is 15.9 Å². The standard InChI is InChI=1S/C36H34Cl3N7O4S/c37-27-6-3-4-22(14-27)12-13-43-33-18-31(39)35(32(46(33)48)19-34(47)44-20-23-8-10-24(11-9-23)36(41)42)26-15-28(40)17-29(16-26)51(49,50)45-21-25-5-1-2-7-30(25)38/h1-11,14-18,45,48H,12-13,19-21,40H2,(H3,41,42)(H,44,47). The number of benzene rings is 4. The molecule has 0 unspecified atom stereocenters. The fraction of sp³-hybridized carbons (Fsp3) is 0.139. The first kappa shape index (κ1) is 37.4. The highest BCUT2D eigenvalue weighted by Gasteiger charge is 2.22. The van der Waals surface area contributed by atoms with E-state index in [1.807, 2.05) is 18.2 Å². The number of aromatic nitrogens is 1. The lowest BCUT2D eigenvalue weighted by molar-refractivity contribution is -0.120. The number of nitrogens with two attached hydrogens (primary N) is 2. The molecule has 1 aromatic heterocycles. The number of carbonyl (C=O) groups excluding carboxylic acids is 1. The molecule has 5 rings (SSSR count). The van der Waals surface area contributed by atoms with Crippen LogP contribution in [0.5, 0.6) is 0 Å². The van der Waals surface area contributed by atoms with E-state index in [2.05, 4.69) is 15.0 Å². The van der Waals surface area contributed by atoms with E-state index in [0.29, 0.717) is 27.6 Å². The molecule has 0 spiro atoms. The molecule has 15 heteroatoms. The Morgan fingerprint density at radius 3 is 2.33 bits per heavy atom. The first-order valence-electron chi connectivity index (χ1n) is 15.5. The third-order valence-electron chi connectivity index (χ3n) is 7.84. The number of hydrogen-bond acceptors (Lipinski definition) is 7. The van der Waals surface area contributed by atoms with Gasteiger partial charge < -0.3 is 22.0 Å². The second-order valence-electron chi connectivity index (χ2n) is 11.5. The van der Waals surface area contributed by atoms with Crippen molar-refractivity contribution < 1.29 is 18.4 Å². The number of pyridine rings is 1. The Labute approximate surface area is 310 Å². The van der Waals surface area contributed by atoms with Crippen LogP contribution in [0.4, 0.5) is 5.69 Å². The van der Waals surface area contributed by atoms with Crippen LogP contribution in [-0.4, -0.2) is 36.6 Å². The van der Waals surface area contributed by atoms with Gasteiger partial charge in [-0.05, 0) is 65.1 Å². The molecule has 51 heavy (non-hydrogen) atoms. The van der Waals surface area contributed by atoms with Gasteiger partial charge in [0.25, 0.3) is 0 Å². The normalized spacial score (nSPS) is 11.8. The topological polar surface area (TPSA) is 189 Å². The first-order chi connectivity index (χ1) is 24.3. The SMILES string of the molecule is N=C(N)c1ccc(CNC(=O)Cc2c(-c3cc(N)cc(S(=O)(=O)NCc4ccccc4Cl)c3)c(Cl)cc(=NCCc3cccc(Cl)c3)n2O)cc1. The number of sulfonamides is 1. The molecule has 1 heterocycles. The van der Waals surface area contributed by atoms with Crippen LogP contribution in [0.2, 0.25) is 15.1 Å². The zero-order valence-corrected chi connectivity index (χ0v) is 30.1. The molecule has 0 aliphatic carbocycles. The molecule has 8 N–H and O–H groups in total. The Kier molecular flexibility index (Phi) is 12.1. The maximum atomic E-state index is 13.5. The Balaban J connectivity index is 1.50. The molecule has 0 aliphatic heterocycles. The van der Waals surface area contributed by atoms with E-state index in [9.17, 15) is 18.4 Å². The number of nitrogen functional groups attached to an aromatic ring is 2. The molecule has 0 saturated heterocycles. The molecule has 0 bridgehead atoms. The molecule has 0 saturated carbocycles. The van der Waals surface area contributed by atoms with Gasteiger partial charge in [0.15, 0.2) is 5.49 Å². The van der Waals surface area contributed by atoms with Crippen LogP contribution >= 0.6 is 34.8 Å². The third-order valence-corrected chi connectivity index (χ3v) is 10.1. The lowest BCUT2D eigenvalue weighted by Crippen LogP contribution is -2.30. The number of anilines is 1. The van der Waals surface area contributed by atoms with Gasteiger partial charge in [0, 0.05) is 52.6 Å². The summed E-state index contributed by atoms with van der Waals surface area (Å²) in [6.07, 6.45) is 0.145. The summed E-state index contributed by atoms with van der Waals surface area (Å²) >= 11 is 19.2. The number of carbonyl (C=O) groups is 1. The lowest BCUT2D eigenvalue weighted by Gasteiger charge is -2.17. The van der Waals surface area contributed by atoms with Gasteiger partial charge in [-0.25, -0.2) is 13.1 Å². The Hall–Kier alpha value is -4.85. The Bertz CT molecular complexity index is 2280. The molecule has 1 amide bonds. The second-order valence-corrected chi connectivity index (χ2v) is 14.5. The van der Waals surface area contributed by atoms with E-state index in [1.54, 1.807) is 54.6 Å². The summed E-state index contributed by atoms with van der Waals surface area (Å²) in [5.74, 6) is -0.547. The van der Waals surface area contributed by atoms with Gasteiger partial charge >= 0.3 is 0 Å². The molecule has 0 aliphatic rings. The minimum absolute atomic E-state index is 0.0476. The van der Waals surface area contributed by atoms with Crippen molar-refractivity contribution in [1.82, 2.24) is 14.8 Å². The molecule has 11 nitrogen and oxygen atoms in total. The maximum Gasteiger partial charge on any atom is 0.240 e. The van der Waals surface area contributed by atoms with Crippen molar-refractivity contribution in [3.05, 3.63) is 146 Å². The Morgan fingerprint density at radius 1 is 0.882 bits per heavy atom. The molecule has 264 valence electrons. The number of rotatable bonds is 13. The molecular weight excluding hydrogens is 733 g/mol. The molecule has 5 aromatic rings. The van der Waals surface area contributed by atoms with Crippen molar-refractivity contribution >= 4 is 62.3 Å². The summed E-state index contributed by atoms with van der Waals surface area (Å²) in [7, 11) is -4.11. The van der Waals surface area contributed by atoms with Gasteiger partial charge in [0.2, 0.25) is 15.9 Å². The highest BCUT2D eigenvalue weighted by molar-refractivity contribution is 7.89. The molecule has 0 fully saturated rings. The summed E-state index contributed by atoms with van der Waals surface area (Å²) < 4.78 is 30.2. The average molecular weight is 767 g/mol. The van der Waals surface area contributed by atoms with Crippen LogP contribution < -0.4 is 27.0 Å². The summed E-state index contributed by atoms with van der Waals surface area (Å²) in [6.45, 7) is 0.334. The van der Waals surface area contributed by atoms with E-state index >= 15 is 0 Å². The van der Waals surface area contributed by atoms with Crippen molar-refractivity contribution in [3.63, 3.8) is 0 Å². The minimum atomic E-state index is -4.11. The van der Waals surface area contributed by atoms with Gasteiger partial charge in [0.1, 0.15) is 5.84 Å². The third kappa shape index (κ3) is 9.69. The monoisotopic (exact) mass is 765 g/mol. The molecule has 0 atom stereocenters. The predicted octanol–water partition coefficient (Wildman–Crippen LogP) is 5.70. The zero-order valence-electron chi connectivity index (χ0n) is 27.0. The van der Waals surface area contributed by atoms with Gasteiger partial charge in [-0.3, -0.25) is 15.2 Å². The quantitative estimate of drug-likeness (QED) is 0.0386. The van der Waals surface area contributed by atoms with Crippen molar-refractivity contribution in [3.8, 4) is 11.1 Å². The predicted molar refractivity (Wildman–Crippen MR) is 201 cm³/mol. The zero-order chi connectivity index (χ0) is 36.7. The van der Waals surface area contributed by atoms with E-state index in [4.69, 9.17) is 51.7 Å². The number of amidine groups is 1. The Morgan fingerprint density at radius 2 is 1.63 bits per heavy atom. The fourth-order valence-corrected chi connectivity index (χ4v) is 7.05. The highest BCUT2D eigenvalue weighted by atomic mass is 35.5. The van der Waals surface area contributed by atoms with Crippen molar-refractivity contribution in [2.45, 2.75) is 30.8 Å². The van der Waals surface area contributed by atoms with Crippen LogP contribution in [-0.2, 0) is 40.7 Å². The van der Waals surface area contributed by atoms with Gasteiger partial charge in [-0.1, -0.05) is 89.4 Å². The smallest absolute Gasteiger partial charge is 0.240 e. The summed E-state index contributed by atoms with van der Waals surface area (Å²) in [6, 6.07) is 26.6. The van der Waals surface area contributed by atoms with Gasteiger partial charge in [-0.15, -0.1) is 0 Å². The van der Waals surface area contributed by atoms with Crippen LogP contribution in [0.3, 0.4) is 0 Å². The number of halogens is 3. The first-order valence-corrected chi connectivity index (χ1v) is 18.1. The van der Waals surface area contributed by atoms with Crippen LogP contribution in [0, 0.1) is 5.41 Å². The van der Waals surface area contributed by atoms with Gasteiger partial charge in [-0.2, -0.15) is 4.73 Å². The van der Waals surface area contributed by atoms with E-state index < -0.39 is 15.9 Å². The highest BCUT2D eigenvalue weighted by Crippen LogP contribution is 2.34. The van der Waals surface area contributed by atoms with Crippen molar-refractivity contribution in [1.29, 1.82) is 5.41 Å². The average Bonchev–Trinajstić information content (AvgIpc) is 3.09. The minimum Gasteiger partial charge on any atom is -0.427 e.